The molecule has 1 atom stereocenters. The molecule has 1 saturated heterocycles. The molecular weight excluding hydrogens is 440 g/mol. The van der Waals surface area contributed by atoms with Gasteiger partial charge in [-0.1, -0.05) is 41.9 Å². The zero-order valence-corrected chi connectivity index (χ0v) is 17.7. The Kier molecular flexibility index (Phi) is 6.11. The summed E-state index contributed by atoms with van der Waals surface area (Å²) < 4.78 is 5.21. The molecule has 2 heterocycles. The van der Waals surface area contributed by atoms with Crippen molar-refractivity contribution in [3.05, 3.63) is 75.1 Å². The summed E-state index contributed by atoms with van der Waals surface area (Å²) in [6.45, 7) is 0.0758. The van der Waals surface area contributed by atoms with Crippen molar-refractivity contribution in [3.63, 3.8) is 0 Å². The molecule has 2 aliphatic rings. The number of thioether (sulfide) groups is 1. The minimum atomic E-state index is -0.942. The number of carbonyl (C=O) groups excluding carboxylic acids is 4. The van der Waals surface area contributed by atoms with Crippen LogP contribution in [0.2, 0.25) is 5.02 Å². The van der Waals surface area contributed by atoms with Crippen LogP contribution in [0.5, 0.6) is 0 Å². The van der Waals surface area contributed by atoms with Gasteiger partial charge in [0.05, 0.1) is 10.5 Å². The van der Waals surface area contributed by atoms with Gasteiger partial charge in [-0.2, -0.15) is 0 Å². The summed E-state index contributed by atoms with van der Waals surface area (Å²) in [4.78, 5) is 50.6. The van der Waals surface area contributed by atoms with Crippen LogP contribution in [0.3, 0.4) is 0 Å². The van der Waals surface area contributed by atoms with Crippen LogP contribution >= 0.6 is 23.4 Å². The normalized spacial score (nSPS) is 19.4. The predicted molar refractivity (Wildman–Crippen MR) is 116 cm³/mol. The van der Waals surface area contributed by atoms with Crippen LogP contribution in [-0.4, -0.2) is 47.1 Å². The third-order valence-corrected chi connectivity index (χ3v) is 6.02. The lowest BCUT2D eigenvalue weighted by atomic mass is 9.98. The van der Waals surface area contributed by atoms with E-state index in [0.717, 1.165) is 27.8 Å². The van der Waals surface area contributed by atoms with E-state index in [1.807, 2.05) is 0 Å². The molecule has 0 aliphatic carbocycles. The Morgan fingerprint density at radius 3 is 2.68 bits per heavy atom. The van der Waals surface area contributed by atoms with Crippen molar-refractivity contribution >= 4 is 52.5 Å². The van der Waals surface area contributed by atoms with Gasteiger partial charge < -0.3 is 10.1 Å². The predicted octanol–water partition coefficient (Wildman–Crippen LogP) is 3.27. The molecule has 0 saturated carbocycles. The molecule has 1 N–H and O–H groups in total. The summed E-state index contributed by atoms with van der Waals surface area (Å²) >= 11 is 6.70. The number of carbonyl (C=O) groups is 4. The summed E-state index contributed by atoms with van der Waals surface area (Å²) in [5.41, 5.74) is 1.96. The van der Waals surface area contributed by atoms with Crippen LogP contribution in [0.1, 0.15) is 21.5 Å². The van der Waals surface area contributed by atoms with Gasteiger partial charge in [0.25, 0.3) is 17.1 Å². The Labute approximate surface area is 187 Å². The largest absolute Gasteiger partial charge is 0.448 e. The molecule has 4 rings (SSSR count). The van der Waals surface area contributed by atoms with Crippen molar-refractivity contribution in [2.24, 2.45) is 0 Å². The molecule has 9 heteroatoms. The molecule has 1 unspecified atom stereocenters. The minimum Gasteiger partial charge on any atom is -0.448 e. The molecule has 1 fully saturated rings. The number of rotatable bonds is 5. The summed E-state index contributed by atoms with van der Waals surface area (Å²) in [5.74, 6) is -1.43. The topological polar surface area (TPSA) is 92.8 Å². The maximum Gasteiger partial charge on any atom is 0.339 e. The second-order valence-electron chi connectivity index (χ2n) is 6.93. The van der Waals surface area contributed by atoms with Crippen LogP contribution < -0.4 is 5.32 Å². The second-order valence-corrected chi connectivity index (χ2v) is 8.36. The average Bonchev–Trinajstić information content (AvgIpc) is 3.02. The van der Waals surface area contributed by atoms with Crippen molar-refractivity contribution < 1.29 is 23.9 Å². The number of amides is 3. The first-order valence-corrected chi connectivity index (χ1v) is 10.7. The number of hydrogen-bond acceptors (Lipinski definition) is 6. The van der Waals surface area contributed by atoms with Gasteiger partial charge in [-0.05, 0) is 47.2 Å². The molecule has 7 nitrogen and oxygen atoms in total. The van der Waals surface area contributed by atoms with Crippen molar-refractivity contribution in [1.29, 1.82) is 0 Å². The number of benzene rings is 2. The Balaban J connectivity index is 1.33. The molecule has 2 aromatic carbocycles. The van der Waals surface area contributed by atoms with Gasteiger partial charge in [-0.15, -0.1) is 0 Å². The standard InChI is InChI=1S/C22H17ClN2O5S/c23-15-7-5-13(6-8-15)11-18-20(27)25(22(29)31-18)10-9-24-19(26)17-12-14-3-1-2-4-16(14)21(28)30-17/h1-8,11,17H,9-10,12H2,(H,24,26)/b18-11-. The number of fused-ring (bicyclic) bond motifs is 1. The molecule has 0 aromatic heterocycles. The lowest BCUT2D eigenvalue weighted by Gasteiger charge is -2.24. The van der Waals surface area contributed by atoms with Crippen LogP contribution in [0, 0.1) is 0 Å². The van der Waals surface area contributed by atoms with Crippen molar-refractivity contribution in [3.8, 4) is 0 Å². The van der Waals surface area contributed by atoms with Crippen LogP contribution in [0.4, 0.5) is 4.79 Å². The fourth-order valence-electron chi connectivity index (χ4n) is 3.29. The number of cyclic esters (lactones) is 1. The minimum absolute atomic E-state index is 0.0195. The molecule has 0 bridgehead atoms. The Hall–Kier alpha value is -3.10. The third kappa shape index (κ3) is 4.65. The SMILES string of the molecule is O=C1OC(C(=O)NCCN2C(=O)S/C(=C\c3ccc(Cl)cc3)C2=O)Cc2ccccc21. The smallest absolute Gasteiger partial charge is 0.339 e. The van der Waals surface area contributed by atoms with Crippen molar-refractivity contribution in [1.82, 2.24) is 10.2 Å². The number of halogens is 1. The molecule has 2 aromatic rings. The maximum atomic E-state index is 12.6. The van der Waals surface area contributed by atoms with Crippen molar-refractivity contribution in [2.75, 3.05) is 13.1 Å². The van der Waals surface area contributed by atoms with Gasteiger partial charge in [0.15, 0.2) is 6.10 Å². The zero-order chi connectivity index (χ0) is 22.0. The first kappa shape index (κ1) is 21.1. The highest BCUT2D eigenvalue weighted by Crippen LogP contribution is 2.32. The van der Waals surface area contributed by atoms with E-state index in [-0.39, 0.29) is 19.5 Å². The fourth-order valence-corrected chi connectivity index (χ4v) is 4.28. The summed E-state index contributed by atoms with van der Waals surface area (Å²) in [7, 11) is 0. The van der Waals surface area contributed by atoms with E-state index in [1.54, 1.807) is 54.6 Å². The Bertz CT molecular complexity index is 1100. The first-order valence-electron chi connectivity index (χ1n) is 9.50. The van der Waals surface area contributed by atoms with E-state index in [4.69, 9.17) is 16.3 Å². The van der Waals surface area contributed by atoms with E-state index in [0.29, 0.717) is 15.5 Å². The Morgan fingerprint density at radius 1 is 1.16 bits per heavy atom. The van der Waals surface area contributed by atoms with E-state index in [9.17, 15) is 19.2 Å². The quantitative estimate of drug-likeness (QED) is 0.548. The molecular formula is C22H17ClN2O5S. The lowest BCUT2D eigenvalue weighted by Crippen LogP contribution is -2.44. The fraction of sp³-hybridized carbons (Fsp3) is 0.182. The summed E-state index contributed by atoms with van der Waals surface area (Å²) in [6, 6.07) is 13.9. The highest BCUT2D eigenvalue weighted by atomic mass is 35.5. The summed E-state index contributed by atoms with van der Waals surface area (Å²) in [6.07, 6.45) is 0.958. The Morgan fingerprint density at radius 2 is 1.90 bits per heavy atom. The van der Waals surface area contributed by atoms with Gasteiger partial charge in [-0.3, -0.25) is 19.3 Å². The molecule has 3 amide bonds. The molecule has 0 radical (unpaired) electrons. The van der Waals surface area contributed by atoms with Crippen LogP contribution in [0.25, 0.3) is 6.08 Å². The van der Waals surface area contributed by atoms with Gasteiger partial charge in [0.1, 0.15) is 0 Å². The number of imide groups is 1. The number of ether oxygens (including phenoxy) is 1. The molecule has 158 valence electrons. The second kappa shape index (κ2) is 8.95. The number of nitrogens with one attached hydrogen (secondary N) is 1. The van der Waals surface area contributed by atoms with E-state index in [1.165, 1.54) is 0 Å². The highest BCUT2D eigenvalue weighted by molar-refractivity contribution is 8.18. The molecule has 0 spiro atoms. The number of hydrogen-bond donors (Lipinski definition) is 1. The number of nitrogens with zero attached hydrogens (tertiary/aromatic N) is 1. The summed E-state index contributed by atoms with van der Waals surface area (Å²) in [5, 5.41) is 2.81. The van der Waals surface area contributed by atoms with E-state index in [2.05, 4.69) is 5.32 Å². The highest BCUT2D eigenvalue weighted by Gasteiger charge is 2.35. The van der Waals surface area contributed by atoms with Gasteiger partial charge in [-0.25, -0.2) is 4.79 Å². The van der Waals surface area contributed by atoms with E-state index < -0.39 is 29.1 Å². The molecule has 2 aliphatic heterocycles. The van der Waals surface area contributed by atoms with Gasteiger partial charge in [0, 0.05) is 24.5 Å². The van der Waals surface area contributed by atoms with Crippen LogP contribution in [0.15, 0.2) is 53.4 Å². The number of esters is 1. The maximum absolute atomic E-state index is 12.6. The zero-order valence-electron chi connectivity index (χ0n) is 16.2. The lowest BCUT2D eigenvalue weighted by molar-refractivity contribution is -0.130. The first-order chi connectivity index (χ1) is 14.9. The van der Waals surface area contributed by atoms with Crippen molar-refractivity contribution in [2.45, 2.75) is 12.5 Å². The monoisotopic (exact) mass is 456 g/mol. The van der Waals surface area contributed by atoms with Gasteiger partial charge >= 0.3 is 5.97 Å². The average molecular weight is 457 g/mol. The van der Waals surface area contributed by atoms with E-state index >= 15 is 0 Å². The van der Waals surface area contributed by atoms with Crippen LogP contribution in [-0.2, 0) is 20.7 Å². The third-order valence-electron chi connectivity index (χ3n) is 4.86. The van der Waals surface area contributed by atoms with Gasteiger partial charge in [0.2, 0.25) is 0 Å². The molecule has 31 heavy (non-hydrogen) atoms.